The van der Waals surface area contributed by atoms with E-state index in [0.717, 1.165) is 61.9 Å². The molecule has 7 nitrogen and oxygen atoms in total. The average Bonchev–Trinajstić information content (AvgIpc) is 3.05. The fourth-order valence-corrected chi connectivity index (χ4v) is 3.49. The van der Waals surface area contributed by atoms with Crippen molar-refractivity contribution in [2.75, 3.05) is 32.8 Å². The second-order valence-electron chi connectivity index (χ2n) is 6.34. The molecular formula is C16H23N6O+. The Labute approximate surface area is 134 Å². The first kappa shape index (κ1) is 14.6. The second-order valence-corrected chi connectivity index (χ2v) is 6.34. The van der Waals surface area contributed by atoms with E-state index in [1.54, 1.807) is 15.7 Å². The van der Waals surface area contributed by atoms with E-state index in [1.807, 2.05) is 6.92 Å². The Bertz CT molecular complexity index is 859. The van der Waals surface area contributed by atoms with Gasteiger partial charge in [-0.25, -0.2) is 14.5 Å². The Morgan fingerprint density at radius 1 is 1.17 bits per heavy atom. The van der Waals surface area contributed by atoms with Crippen LogP contribution in [0.1, 0.15) is 17.1 Å². The van der Waals surface area contributed by atoms with Gasteiger partial charge < -0.3 is 14.2 Å². The lowest BCUT2D eigenvalue weighted by atomic mass is 10.2. The SMILES string of the molecule is Cc1nc2c3c(C)c(C)n(CC[NH+]4CCOCC4)c3ncn2n1. The maximum Gasteiger partial charge on any atom is 0.168 e. The molecule has 23 heavy (non-hydrogen) atoms. The van der Waals surface area contributed by atoms with Gasteiger partial charge in [0.1, 0.15) is 30.9 Å². The summed E-state index contributed by atoms with van der Waals surface area (Å²) in [6.07, 6.45) is 1.77. The topological polar surface area (TPSA) is 61.7 Å². The fourth-order valence-electron chi connectivity index (χ4n) is 3.49. The zero-order valence-electron chi connectivity index (χ0n) is 14.0. The highest BCUT2D eigenvalue weighted by atomic mass is 16.5. The number of quaternary nitrogens is 1. The molecule has 3 aromatic rings. The minimum atomic E-state index is 0.780. The van der Waals surface area contributed by atoms with E-state index in [9.17, 15) is 0 Å². The van der Waals surface area contributed by atoms with Gasteiger partial charge in [-0.15, -0.1) is 0 Å². The molecule has 4 heterocycles. The molecule has 1 saturated heterocycles. The van der Waals surface area contributed by atoms with Crippen molar-refractivity contribution in [2.45, 2.75) is 27.3 Å². The number of hydrogen-bond acceptors (Lipinski definition) is 4. The van der Waals surface area contributed by atoms with E-state index in [-0.39, 0.29) is 0 Å². The monoisotopic (exact) mass is 315 g/mol. The third-order valence-corrected chi connectivity index (χ3v) is 4.94. The van der Waals surface area contributed by atoms with Crippen LogP contribution in [0.25, 0.3) is 16.7 Å². The van der Waals surface area contributed by atoms with Gasteiger partial charge in [0.05, 0.1) is 31.7 Å². The zero-order valence-corrected chi connectivity index (χ0v) is 14.0. The summed E-state index contributed by atoms with van der Waals surface area (Å²) in [6.45, 7) is 12.3. The molecule has 0 unspecified atom stereocenters. The molecule has 0 bridgehead atoms. The lowest BCUT2D eigenvalue weighted by molar-refractivity contribution is -0.908. The first-order valence-electron chi connectivity index (χ1n) is 8.24. The summed E-state index contributed by atoms with van der Waals surface area (Å²) in [5.41, 5.74) is 4.45. The summed E-state index contributed by atoms with van der Waals surface area (Å²) < 4.78 is 9.55. The van der Waals surface area contributed by atoms with E-state index in [4.69, 9.17) is 4.74 Å². The number of ether oxygens (including phenoxy) is 1. The van der Waals surface area contributed by atoms with Crippen molar-refractivity contribution in [3.05, 3.63) is 23.4 Å². The number of nitrogens with one attached hydrogen (secondary N) is 1. The predicted molar refractivity (Wildman–Crippen MR) is 86.9 cm³/mol. The number of hydrogen-bond donors (Lipinski definition) is 1. The van der Waals surface area contributed by atoms with Crippen LogP contribution < -0.4 is 4.90 Å². The minimum Gasteiger partial charge on any atom is -0.370 e. The normalized spacial score (nSPS) is 16.7. The van der Waals surface area contributed by atoms with Gasteiger partial charge in [-0.2, -0.15) is 5.10 Å². The highest BCUT2D eigenvalue weighted by molar-refractivity contribution is 5.93. The smallest absolute Gasteiger partial charge is 0.168 e. The number of aryl methyl sites for hydroxylation is 2. The standard InChI is InChI=1S/C16H22N6O/c1-11-12(2)21(5-4-20-6-8-23-9-7-20)15-14(11)16-18-13(3)19-22(16)10-17-15/h10H,4-9H2,1-3H3/p+1. The van der Waals surface area contributed by atoms with Gasteiger partial charge in [-0.05, 0) is 26.3 Å². The van der Waals surface area contributed by atoms with Crippen LogP contribution in [0.2, 0.25) is 0 Å². The molecule has 1 fully saturated rings. The fraction of sp³-hybridized carbons (Fsp3) is 0.562. The van der Waals surface area contributed by atoms with Gasteiger partial charge in [0.2, 0.25) is 0 Å². The quantitative estimate of drug-likeness (QED) is 0.734. The van der Waals surface area contributed by atoms with E-state index in [2.05, 4.69) is 33.5 Å². The van der Waals surface area contributed by atoms with Crippen molar-refractivity contribution in [3.63, 3.8) is 0 Å². The van der Waals surface area contributed by atoms with Crippen LogP contribution in [-0.4, -0.2) is 57.0 Å². The van der Waals surface area contributed by atoms with Crippen LogP contribution in [0, 0.1) is 20.8 Å². The van der Waals surface area contributed by atoms with Crippen LogP contribution in [0.3, 0.4) is 0 Å². The molecule has 4 rings (SSSR count). The predicted octanol–water partition coefficient (Wildman–Crippen LogP) is -0.0806. The number of fused-ring (bicyclic) bond motifs is 3. The van der Waals surface area contributed by atoms with E-state index in [1.165, 1.54) is 11.3 Å². The van der Waals surface area contributed by atoms with E-state index < -0.39 is 0 Å². The first-order valence-corrected chi connectivity index (χ1v) is 8.24. The molecule has 0 saturated carbocycles. The van der Waals surface area contributed by atoms with E-state index >= 15 is 0 Å². The van der Waals surface area contributed by atoms with Gasteiger partial charge in [0.15, 0.2) is 5.65 Å². The molecule has 0 spiro atoms. The summed E-state index contributed by atoms with van der Waals surface area (Å²) in [5.74, 6) is 0.780. The molecule has 1 aliphatic heterocycles. The van der Waals surface area contributed by atoms with Crippen LogP contribution in [0.15, 0.2) is 6.33 Å². The minimum absolute atomic E-state index is 0.780. The Kier molecular flexibility index (Phi) is 3.54. The highest BCUT2D eigenvalue weighted by Gasteiger charge is 2.19. The number of aromatic nitrogens is 5. The van der Waals surface area contributed by atoms with Crippen molar-refractivity contribution < 1.29 is 9.64 Å². The summed E-state index contributed by atoms with van der Waals surface area (Å²) in [5, 5.41) is 5.51. The van der Waals surface area contributed by atoms with Crippen LogP contribution in [-0.2, 0) is 11.3 Å². The molecule has 1 N–H and O–H groups in total. The Balaban J connectivity index is 1.74. The Morgan fingerprint density at radius 2 is 1.96 bits per heavy atom. The lowest BCUT2D eigenvalue weighted by Crippen LogP contribution is -3.14. The number of nitrogens with zero attached hydrogens (tertiary/aromatic N) is 5. The van der Waals surface area contributed by atoms with Crippen molar-refractivity contribution in [1.82, 2.24) is 24.1 Å². The third kappa shape index (κ3) is 2.40. The molecule has 7 heteroatoms. The molecule has 1 aliphatic rings. The van der Waals surface area contributed by atoms with Gasteiger partial charge in [0.25, 0.3) is 0 Å². The van der Waals surface area contributed by atoms with Gasteiger partial charge in [-0.1, -0.05) is 0 Å². The van der Waals surface area contributed by atoms with Gasteiger partial charge >= 0.3 is 0 Å². The molecule has 3 aromatic heterocycles. The highest BCUT2D eigenvalue weighted by Crippen LogP contribution is 2.26. The first-order chi connectivity index (χ1) is 11.1. The second kappa shape index (κ2) is 5.58. The van der Waals surface area contributed by atoms with Crippen molar-refractivity contribution in [3.8, 4) is 0 Å². The lowest BCUT2D eigenvalue weighted by Gasteiger charge is -2.24. The maximum absolute atomic E-state index is 5.44. The summed E-state index contributed by atoms with van der Waals surface area (Å²) in [7, 11) is 0. The van der Waals surface area contributed by atoms with Crippen molar-refractivity contribution in [2.24, 2.45) is 0 Å². The van der Waals surface area contributed by atoms with Crippen molar-refractivity contribution >= 4 is 16.7 Å². The maximum atomic E-state index is 5.44. The largest absolute Gasteiger partial charge is 0.370 e. The van der Waals surface area contributed by atoms with Gasteiger partial charge in [0, 0.05) is 5.69 Å². The van der Waals surface area contributed by atoms with Crippen LogP contribution in [0.5, 0.6) is 0 Å². The number of morpholine rings is 1. The molecule has 0 aromatic carbocycles. The molecule has 0 amide bonds. The summed E-state index contributed by atoms with van der Waals surface area (Å²) >= 11 is 0. The Hall–Kier alpha value is -1.99. The Morgan fingerprint density at radius 3 is 2.74 bits per heavy atom. The molecule has 122 valence electrons. The molecule has 0 aliphatic carbocycles. The van der Waals surface area contributed by atoms with Crippen molar-refractivity contribution in [1.29, 1.82) is 0 Å². The average molecular weight is 315 g/mol. The van der Waals surface area contributed by atoms with Crippen LogP contribution >= 0.6 is 0 Å². The summed E-state index contributed by atoms with van der Waals surface area (Å²) in [4.78, 5) is 10.8. The third-order valence-electron chi connectivity index (χ3n) is 4.94. The van der Waals surface area contributed by atoms with Gasteiger partial charge in [-0.3, -0.25) is 0 Å². The van der Waals surface area contributed by atoms with Crippen LogP contribution in [0.4, 0.5) is 0 Å². The van der Waals surface area contributed by atoms with E-state index in [0.29, 0.717) is 0 Å². The molecular weight excluding hydrogens is 292 g/mol. The molecule has 0 atom stereocenters. The summed E-state index contributed by atoms with van der Waals surface area (Å²) in [6, 6.07) is 0. The zero-order chi connectivity index (χ0) is 16.0. The molecule has 0 radical (unpaired) electrons. The number of rotatable bonds is 3.